The third-order valence-electron chi connectivity index (χ3n) is 2.27. The molecule has 0 aliphatic heterocycles. The van der Waals surface area contributed by atoms with Crippen LogP contribution in [0.15, 0.2) is 36.5 Å². The molecular formula is C12H9N3S. The summed E-state index contributed by atoms with van der Waals surface area (Å²) >= 11 is 1.47. The predicted octanol–water partition coefficient (Wildman–Crippen LogP) is 3.19. The summed E-state index contributed by atoms with van der Waals surface area (Å²) in [6.07, 6.45) is 5.77. The van der Waals surface area contributed by atoms with Crippen molar-refractivity contribution < 1.29 is 0 Å². The highest BCUT2D eigenvalue weighted by molar-refractivity contribution is 7.06. The molecule has 16 heavy (non-hydrogen) atoms. The van der Waals surface area contributed by atoms with Crippen LogP contribution in [0, 0.1) is 0 Å². The minimum Gasteiger partial charge on any atom is -0.338 e. The van der Waals surface area contributed by atoms with Crippen molar-refractivity contribution in [1.82, 2.24) is 14.3 Å². The van der Waals surface area contributed by atoms with Gasteiger partial charge in [-0.3, -0.25) is 0 Å². The number of para-hydroxylation sites is 2. The number of aromatic amines is 1. The molecule has 2 heterocycles. The van der Waals surface area contributed by atoms with E-state index in [4.69, 9.17) is 0 Å². The zero-order chi connectivity index (χ0) is 10.8. The highest BCUT2D eigenvalue weighted by Gasteiger charge is 1.97. The molecule has 0 amide bonds. The van der Waals surface area contributed by atoms with E-state index in [0.717, 1.165) is 21.7 Å². The van der Waals surface area contributed by atoms with Crippen LogP contribution < -0.4 is 0 Å². The van der Waals surface area contributed by atoms with Gasteiger partial charge < -0.3 is 4.98 Å². The summed E-state index contributed by atoms with van der Waals surface area (Å²) in [5.41, 5.74) is 2.05. The first-order valence-corrected chi connectivity index (χ1v) is 5.73. The van der Waals surface area contributed by atoms with Gasteiger partial charge in [-0.2, -0.15) is 0 Å². The van der Waals surface area contributed by atoms with Gasteiger partial charge in [0.1, 0.15) is 5.82 Å². The highest BCUT2D eigenvalue weighted by atomic mass is 32.1. The second-order valence-corrected chi connectivity index (χ2v) is 4.25. The van der Waals surface area contributed by atoms with Gasteiger partial charge in [0.2, 0.25) is 0 Å². The summed E-state index contributed by atoms with van der Waals surface area (Å²) in [7, 11) is 0. The van der Waals surface area contributed by atoms with E-state index in [0.29, 0.717) is 0 Å². The van der Waals surface area contributed by atoms with E-state index < -0.39 is 0 Å². The van der Waals surface area contributed by atoms with Crippen molar-refractivity contribution >= 4 is 34.7 Å². The summed E-state index contributed by atoms with van der Waals surface area (Å²) in [5.74, 6) is 0.870. The minimum atomic E-state index is 0.870. The first kappa shape index (κ1) is 9.30. The van der Waals surface area contributed by atoms with Crippen molar-refractivity contribution in [3.05, 3.63) is 47.2 Å². The summed E-state index contributed by atoms with van der Waals surface area (Å²) < 4.78 is 4.04. The van der Waals surface area contributed by atoms with Gasteiger partial charge in [0.05, 0.1) is 11.0 Å². The van der Waals surface area contributed by atoms with E-state index >= 15 is 0 Å². The highest BCUT2D eigenvalue weighted by Crippen LogP contribution is 2.13. The number of H-pyrrole nitrogens is 1. The van der Waals surface area contributed by atoms with Gasteiger partial charge in [-0.25, -0.2) is 9.36 Å². The molecule has 0 saturated carbocycles. The lowest BCUT2D eigenvalue weighted by molar-refractivity contribution is 1.30. The van der Waals surface area contributed by atoms with Crippen LogP contribution in [-0.4, -0.2) is 14.3 Å². The number of nitrogens with zero attached hydrogens (tertiary/aromatic N) is 2. The molecule has 0 unspecified atom stereocenters. The van der Waals surface area contributed by atoms with Crippen LogP contribution in [0.25, 0.3) is 23.2 Å². The SMILES string of the molecule is C(=C\c1ccns1)/c1nc2ccccc2[nH]1. The fraction of sp³-hybridized carbons (Fsp3) is 0. The lowest BCUT2D eigenvalue weighted by Gasteiger charge is -1.82. The molecule has 4 heteroatoms. The van der Waals surface area contributed by atoms with Crippen LogP contribution in [0.2, 0.25) is 0 Å². The molecule has 2 aromatic heterocycles. The molecule has 3 rings (SSSR count). The minimum absolute atomic E-state index is 0.870. The van der Waals surface area contributed by atoms with Crippen molar-refractivity contribution in [3.8, 4) is 0 Å². The third-order valence-corrected chi connectivity index (χ3v) is 2.98. The summed E-state index contributed by atoms with van der Waals surface area (Å²) in [4.78, 5) is 8.82. The molecule has 0 fully saturated rings. The van der Waals surface area contributed by atoms with Crippen LogP contribution in [0.5, 0.6) is 0 Å². The molecule has 1 aromatic carbocycles. The topological polar surface area (TPSA) is 41.6 Å². The average molecular weight is 227 g/mol. The molecule has 0 spiro atoms. The fourth-order valence-corrected chi connectivity index (χ4v) is 2.02. The number of hydrogen-bond acceptors (Lipinski definition) is 3. The summed E-state index contributed by atoms with van der Waals surface area (Å²) in [6.45, 7) is 0. The van der Waals surface area contributed by atoms with Crippen molar-refractivity contribution in [2.24, 2.45) is 0 Å². The van der Waals surface area contributed by atoms with Gasteiger partial charge >= 0.3 is 0 Å². The Labute approximate surface area is 96.6 Å². The Morgan fingerprint density at radius 1 is 1.12 bits per heavy atom. The van der Waals surface area contributed by atoms with Gasteiger partial charge in [0, 0.05) is 11.1 Å². The second kappa shape index (κ2) is 3.90. The molecule has 3 nitrogen and oxygen atoms in total. The maximum Gasteiger partial charge on any atom is 0.131 e. The Kier molecular flexibility index (Phi) is 2.27. The number of rotatable bonds is 2. The van der Waals surface area contributed by atoms with Crippen LogP contribution in [-0.2, 0) is 0 Å². The number of imidazole rings is 1. The molecular weight excluding hydrogens is 218 g/mol. The van der Waals surface area contributed by atoms with Crippen molar-refractivity contribution in [2.75, 3.05) is 0 Å². The maximum atomic E-state index is 4.45. The Morgan fingerprint density at radius 3 is 2.88 bits per heavy atom. The van der Waals surface area contributed by atoms with Gasteiger partial charge in [0.25, 0.3) is 0 Å². The fourth-order valence-electron chi connectivity index (χ4n) is 1.52. The van der Waals surface area contributed by atoms with E-state index in [1.165, 1.54) is 11.5 Å². The van der Waals surface area contributed by atoms with Gasteiger partial charge in [-0.05, 0) is 41.9 Å². The number of nitrogens with one attached hydrogen (secondary N) is 1. The Bertz CT molecular complexity index is 590. The molecule has 0 bridgehead atoms. The van der Waals surface area contributed by atoms with E-state index in [1.54, 1.807) is 6.20 Å². The Hall–Kier alpha value is -1.94. The number of hydrogen-bond donors (Lipinski definition) is 1. The third kappa shape index (κ3) is 1.75. The first-order chi connectivity index (χ1) is 7.92. The lowest BCUT2D eigenvalue weighted by atomic mass is 10.3. The van der Waals surface area contributed by atoms with Gasteiger partial charge in [-0.15, -0.1) is 0 Å². The van der Waals surface area contributed by atoms with Crippen LogP contribution in [0.1, 0.15) is 10.7 Å². The van der Waals surface area contributed by atoms with Crippen molar-refractivity contribution in [1.29, 1.82) is 0 Å². The normalized spacial score (nSPS) is 11.5. The zero-order valence-electron chi connectivity index (χ0n) is 8.42. The maximum absolute atomic E-state index is 4.45. The molecule has 0 saturated heterocycles. The summed E-state index contributed by atoms with van der Waals surface area (Å²) in [5, 5.41) is 0. The van der Waals surface area contributed by atoms with Gasteiger partial charge in [0.15, 0.2) is 0 Å². The van der Waals surface area contributed by atoms with Gasteiger partial charge in [-0.1, -0.05) is 12.1 Å². The van der Waals surface area contributed by atoms with E-state index in [2.05, 4.69) is 14.3 Å². The standard InChI is InChI=1S/C12H9N3S/c1-2-4-11-10(3-1)14-12(15-11)6-5-9-7-8-13-16-9/h1-8H,(H,14,15)/b6-5+. The average Bonchev–Trinajstić information content (AvgIpc) is 2.95. The Balaban J connectivity index is 1.95. The largest absolute Gasteiger partial charge is 0.338 e. The molecule has 78 valence electrons. The quantitative estimate of drug-likeness (QED) is 0.730. The van der Waals surface area contributed by atoms with Crippen LogP contribution in [0.3, 0.4) is 0 Å². The number of aromatic nitrogens is 3. The first-order valence-electron chi connectivity index (χ1n) is 4.95. The van der Waals surface area contributed by atoms with E-state index in [9.17, 15) is 0 Å². The number of benzene rings is 1. The summed E-state index contributed by atoms with van der Waals surface area (Å²) in [6, 6.07) is 9.98. The second-order valence-electron chi connectivity index (χ2n) is 3.39. The molecule has 0 aliphatic rings. The molecule has 0 radical (unpaired) electrons. The van der Waals surface area contributed by atoms with E-state index in [-0.39, 0.29) is 0 Å². The molecule has 3 aromatic rings. The Morgan fingerprint density at radius 2 is 2.06 bits per heavy atom. The van der Waals surface area contributed by atoms with E-state index in [1.807, 2.05) is 42.5 Å². The van der Waals surface area contributed by atoms with Crippen molar-refractivity contribution in [2.45, 2.75) is 0 Å². The lowest BCUT2D eigenvalue weighted by Crippen LogP contribution is -1.72. The number of fused-ring (bicyclic) bond motifs is 1. The molecule has 0 aliphatic carbocycles. The molecule has 0 atom stereocenters. The monoisotopic (exact) mass is 227 g/mol. The van der Waals surface area contributed by atoms with Crippen LogP contribution in [0.4, 0.5) is 0 Å². The smallest absolute Gasteiger partial charge is 0.131 e. The zero-order valence-corrected chi connectivity index (χ0v) is 9.24. The van der Waals surface area contributed by atoms with Crippen molar-refractivity contribution in [3.63, 3.8) is 0 Å². The molecule has 1 N–H and O–H groups in total. The van der Waals surface area contributed by atoms with Crippen LogP contribution >= 0.6 is 11.5 Å². The predicted molar refractivity (Wildman–Crippen MR) is 67.1 cm³/mol.